The van der Waals surface area contributed by atoms with Crippen LogP contribution in [0.2, 0.25) is 0 Å². The molecule has 2 N–H and O–H groups in total. The second-order valence-electron chi connectivity index (χ2n) is 9.10. The van der Waals surface area contributed by atoms with Crippen LogP contribution in [0.25, 0.3) is 0 Å². The molecule has 4 rings (SSSR count). The first-order valence-corrected chi connectivity index (χ1v) is 12.1. The maximum absolute atomic E-state index is 13.2. The van der Waals surface area contributed by atoms with Gasteiger partial charge in [0, 0.05) is 17.8 Å². The van der Waals surface area contributed by atoms with Crippen molar-refractivity contribution in [1.29, 1.82) is 0 Å². The highest BCUT2D eigenvalue weighted by molar-refractivity contribution is 6.04. The Balaban J connectivity index is 1.59. The van der Waals surface area contributed by atoms with E-state index in [0.29, 0.717) is 23.4 Å². The Morgan fingerprint density at radius 3 is 2.28 bits per heavy atom. The maximum Gasteiger partial charge on any atom is 0.411 e. The van der Waals surface area contributed by atoms with Gasteiger partial charge in [-0.1, -0.05) is 66.6 Å². The molecule has 3 aromatic rings. The van der Waals surface area contributed by atoms with Crippen molar-refractivity contribution in [3.05, 3.63) is 101 Å². The molecule has 1 heterocycles. The van der Waals surface area contributed by atoms with Gasteiger partial charge >= 0.3 is 6.09 Å². The summed E-state index contributed by atoms with van der Waals surface area (Å²) in [5, 5.41) is 5.80. The number of nitrogens with zero attached hydrogens (tertiary/aromatic N) is 1. The zero-order valence-corrected chi connectivity index (χ0v) is 20.8. The summed E-state index contributed by atoms with van der Waals surface area (Å²) in [5.74, 6) is -0.511. The van der Waals surface area contributed by atoms with Gasteiger partial charge in [0.05, 0.1) is 6.54 Å². The lowest BCUT2D eigenvalue weighted by molar-refractivity contribution is -0.126. The lowest BCUT2D eigenvalue weighted by atomic mass is 10.00. The van der Waals surface area contributed by atoms with Gasteiger partial charge in [0.1, 0.15) is 0 Å². The van der Waals surface area contributed by atoms with Gasteiger partial charge in [-0.3, -0.25) is 14.5 Å². The number of benzene rings is 3. The van der Waals surface area contributed by atoms with Crippen LogP contribution in [0.4, 0.5) is 10.5 Å². The second-order valence-corrected chi connectivity index (χ2v) is 9.10. The van der Waals surface area contributed by atoms with Crippen LogP contribution in [0.1, 0.15) is 52.1 Å². The number of carbonyl (C=O) groups excluding carboxylic acids is 3. The molecule has 7 nitrogen and oxygen atoms in total. The summed E-state index contributed by atoms with van der Waals surface area (Å²) in [6.07, 6.45) is -0.585. The van der Waals surface area contributed by atoms with Gasteiger partial charge < -0.3 is 15.4 Å². The minimum Gasteiger partial charge on any atom is -0.438 e. The van der Waals surface area contributed by atoms with Crippen molar-refractivity contribution in [1.82, 2.24) is 10.2 Å². The highest BCUT2D eigenvalue weighted by Crippen LogP contribution is 2.35. The Kier molecular flexibility index (Phi) is 7.68. The van der Waals surface area contributed by atoms with E-state index in [-0.39, 0.29) is 18.4 Å². The smallest absolute Gasteiger partial charge is 0.411 e. The number of nitrogens with one attached hydrogen (secondary N) is 2. The molecular weight excluding hydrogens is 454 g/mol. The van der Waals surface area contributed by atoms with E-state index in [1.165, 1.54) is 4.90 Å². The summed E-state index contributed by atoms with van der Waals surface area (Å²) >= 11 is 0. The summed E-state index contributed by atoms with van der Waals surface area (Å²) in [5.41, 5.74) is 4.82. The first kappa shape index (κ1) is 25.0. The van der Waals surface area contributed by atoms with Crippen LogP contribution >= 0.6 is 0 Å². The van der Waals surface area contributed by atoms with E-state index in [1.54, 1.807) is 36.4 Å². The Bertz CT molecular complexity index is 1240. The van der Waals surface area contributed by atoms with Crippen molar-refractivity contribution < 1.29 is 19.1 Å². The van der Waals surface area contributed by atoms with E-state index in [1.807, 2.05) is 57.2 Å². The van der Waals surface area contributed by atoms with E-state index < -0.39 is 18.2 Å². The first-order valence-electron chi connectivity index (χ1n) is 12.1. The molecule has 0 saturated carbocycles. The summed E-state index contributed by atoms with van der Waals surface area (Å²) in [6.45, 7) is 6.68. The number of amides is 3. The molecule has 1 aliphatic heterocycles. The Labute approximate surface area is 211 Å². The quantitative estimate of drug-likeness (QED) is 0.462. The van der Waals surface area contributed by atoms with Crippen LogP contribution in [0.15, 0.2) is 72.8 Å². The van der Waals surface area contributed by atoms with E-state index in [4.69, 9.17) is 4.74 Å². The number of hydrogen-bond acceptors (Lipinski definition) is 4. The molecular formula is C29H31N3O4. The van der Waals surface area contributed by atoms with Crippen LogP contribution in [0, 0.1) is 13.8 Å². The Hall–Kier alpha value is -4.13. The van der Waals surface area contributed by atoms with Crippen molar-refractivity contribution in [3.63, 3.8) is 0 Å². The predicted octanol–water partition coefficient (Wildman–Crippen LogP) is 5.14. The monoisotopic (exact) mass is 485 g/mol. The lowest BCUT2D eigenvalue weighted by Crippen LogP contribution is -2.46. The van der Waals surface area contributed by atoms with E-state index in [2.05, 4.69) is 10.6 Å². The van der Waals surface area contributed by atoms with Crippen molar-refractivity contribution in [2.75, 3.05) is 11.9 Å². The van der Waals surface area contributed by atoms with Crippen LogP contribution < -0.4 is 10.6 Å². The molecule has 3 amide bonds. The number of aryl methyl sites for hydroxylation is 2. The average Bonchev–Trinajstić information content (AvgIpc) is 3.20. The van der Waals surface area contributed by atoms with Crippen LogP contribution in [-0.2, 0) is 16.1 Å². The number of ether oxygens (including phenoxy) is 1. The molecule has 7 heteroatoms. The van der Waals surface area contributed by atoms with Crippen LogP contribution in [-0.4, -0.2) is 35.4 Å². The zero-order valence-electron chi connectivity index (χ0n) is 20.8. The van der Waals surface area contributed by atoms with Gasteiger partial charge in [0.25, 0.3) is 5.91 Å². The lowest BCUT2D eigenvalue weighted by Gasteiger charge is -2.24. The van der Waals surface area contributed by atoms with E-state index in [9.17, 15) is 14.4 Å². The Morgan fingerprint density at radius 2 is 1.61 bits per heavy atom. The Morgan fingerprint density at radius 1 is 0.944 bits per heavy atom. The molecule has 0 bridgehead atoms. The van der Waals surface area contributed by atoms with E-state index >= 15 is 0 Å². The molecule has 2 unspecified atom stereocenters. The van der Waals surface area contributed by atoms with Gasteiger partial charge in [-0.2, -0.15) is 0 Å². The number of anilines is 1. The summed E-state index contributed by atoms with van der Waals surface area (Å²) < 4.78 is 5.74. The molecule has 2 atom stereocenters. The largest absolute Gasteiger partial charge is 0.438 e. The second kappa shape index (κ2) is 11.1. The molecule has 1 saturated heterocycles. The van der Waals surface area contributed by atoms with Gasteiger partial charge in [0.2, 0.25) is 5.91 Å². The third kappa shape index (κ3) is 5.74. The third-order valence-corrected chi connectivity index (χ3v) is 6.16. The highest BCUT2D eigenvalue weighted by atomic mass is 16.6. The molecule has 186 valence electrons. The van der Waals surface area contributed by atoms with Gasteiger partial charge in [-0.25, -0.2) is 4.79 Å². The summed E-state index contributed by atoms with van der Waals surface area (Å²) in [6, 6.07) is 21.4. The van der Waals surface area contributed by atoms with Gasteiger partial charge in [-0.15, -0.1) is 0 Å². The fourth-order valence-electron chi connectivity index (χ4n) is 4.15. The molecule has 36 heavy (non-hydrogen) atoms. The van der Waals surface area contributed by atoms with Gasteiger partial charge in [-0.05, 0) is 55.7 Å². The molecule has 1 aliphatic rings. The molecule has 0 spiro atoms. The average molecular weight is 486 g/mol. The summed E-state index contributed by atoms with van der Waals surface area (Å²) in [4.78, 5) is 40.3. The number of cyclic esters (lactones) is 1. The minimum atomic E-state index is -0.839. The topological polar surface area (TPSA) is 87.7 Å². The first-order chi connectivity index (χ1) is 17.4. The van der Waals surface area contributed by atoms with Crippen molar-refractivity contribution in [2.45, 2.75) is 45.9 Å². The van der Waals surface area contributed by atoms with E-state index in [0.717, 1.165) is 23.1 Å². The van der Waals surface area contributed by atoms with Crippen LogP contribution in [0.5, 0.6) is 0 Å². The molecule has 0 radical (unpaired) electrons. The SMILES string of the molecule is CCCNC(=O)C1C(c2cccc(NC(=O)c3ccc(C)cc3)c2)OC(=O)N1Cc1ccc(C)cc1. The highest BCUT2D eigenvalue weighted by Gasteiger charge is 2.46. The normalized spacial score (nSPS) is 17.0. The standard InChI is InChI=1S/C29H31N3O4/c1-4-16-30-28(34)25-26(36-29(35)32(25)18-21-12-8-19(2)9-13-21)23-6-5-7-24(17-23)31-27(33)22-14-10-20(3)11-15-22/h5-15,17,25-26H,4,16,18H2,1-3H3,(H,30,34)(H,31,33). The zero-order chi connectivity index (χ0) is 25.7. The van der Waals surface area contributed by atoms with Crippen molar-refractivity contribution in [2.24, 2.45) is 0 Å². The third-order valence-electron chi connectivity index (χ3n) is 6.16. The van der Waals surface area contributed by atoms with Crippen LogP contribution in [0.3, 0.4) is 0 Å². The fraction of sp³-hybridized carbons (Fsp3) is 0.276. The molecule has 1 fully saturated rings. The number of carbonyl (C=O) groups is 3. The van der Waals surface area contributed by atoms with Crippen molar-refractivity contribution in [3.8, 4) is 0 Å². The number of hydrogen-bond donors (Lipinski definition) is 2. The maximum atomic E-state index is 13.2. The predicted molar refractivity (Wildman–Crippen MR) is 139 cm³/mol. The van der Waals surface area contributed by atoms with Crippen molar-refractivity contribution >= 4 is 23.6 Å². The fourth-order valence-corrected chi connectivity index (χ4v) is 4.15. The molecule has 0 aliphatic carbocycles. The number of rotatable bonds is 8. The summed E-state index contributed by atoms with van der Waals surface area (Å²) in [7, 11) is 0. The minimum absolute atomic E-state index is 0.242. The molecule has 3 aromatic carbocycles. The molecule has 0 aromatic heterocycles. The van der Waals surface area contributed by atoms with Gasteiger partial charge in [0.15, 0.2) is 12.1 Å².